The van der Waals surface area contributed by atoms with Crippen molar-refractivity contribution in [1.29, 1.82) is 0 Å². The van der Waals surface area contributed by atoms with Gasteiger partial charge < -0.3 is 15.2 Å². The highest BCUT2D eigenvalue weighted by molar-refractivity contribution is 7.92. The average molecular weight is 633 g/mol. The Morgan fingerprint density at radius 3 is 2.38 bits per heavy atom. The monoisotopic (exact) mass is 631 g/mol. The highest BCUT2D eigenvalue weighted by Crippen LogP contribution is 2.40. The average Bonchev–Trinajstić information content (AvgIpc) is 3.35. The summed E-state index contributed by atoms with van der Waals surface area (Å²) in [7, 11) is -1.99. The zero-order valence-electron chi connectivity index (χ0n) is 23.1. The van der Waals surface area contributed by atoms with Gasteiger partial charge in [-0.2, -0.15) is 0 Å². The van der Waals surface area contributed by atoms with E-state index in [9.17, 15) is 8.42 Å². The van der Waals surface area contributed by atoms with Crippen LogP contribution in [0, 0.1) is 5.82 Å². The summed E-state index contributed by atoms with van der Waals surface area (Å²) in [6.45, 7) is 4.42. The summed E-state index contributed by atoms with van der Waals surface area (Å²) in [5, 5.41) is 0.882. The van der Waals surface area contributed by atoms with Crippen LogP contribution in [0.2, 0.25) is 10.0 Å². The van der Waals surface area contributed by atoms with Crippen molar-refractivity contribution in [2.75, 3.05) is 43.7 Å². The lowest BCUT2D eigenvalue weighted by atomic mass is 9.89. The maximum Gasteiger partial charge on any atom is 0.263 e. The van der Waals surface area contributed by atoms with E-state index in [4.69, 9.17) is 28.9 Å². The number of fused-ring (bicyclic) bond motifs is 1. The molecule has 222 valence electrons. The zero-order valence-corrected chi connectivity index (χ0v) is 25.4. The molecule has 42 heavy (non-hydrogen) atoms. The molecule has 1 saturated carbocycles. The lowest BCUT2D eigenvalue weighted by Crippen LogP contribution is -2.49. The molecule has 1 aliphatic heterocycles. The largest absolute Gasteiger partial charge is 0.383 e. The van der Waals surface area contributed by atoms with Crippen molar-refractivity contribution in [2.45, 2.75) is 42.7 Å². The van der Waals surface area contributed by atoms with E-state index in [1.807, 2.05) is 6.20 Å². The van der Waals surface area contributed by atoms with Crippen molar-refractivity contribution in [3.8, 4) is 11.1 Å². The first-order chi connectivity index (χ1) is 20.1. The molecule has 0 bridgehead atoms. The second-order valence-corrected chi connectivity index (χ2v) is 13.6. The van der Waals surface area contributed by atoms with Crippen LogP contribution in [0.1, 0.15) is 31.7 Å². The molecule has 2 aliphatic rings. The van der Waals surface area contributed by atoms with Gasteiger partial charge in [-0.1, -0.05) is 29.3 Å². The molecular weight excluding hydrogens is 600 g/mol. The minimum atomic E-state index is -4.16. The lowest BCUT2D eigenvalue weighted by molar-refractivity contribution is 0.0828. The number of anilines is 2. The lowest BCUT2D eigenvalue weighted by Gasteiger charge is -2.41. The number of nitrogens with zero attached hydrogens (tertiary/aromatic N) is 5. The number of sulfonamides is 1. The molecule has 9 nitrogen and oxygen atoms in total. The van der Waals surface area contributed by atoms with Crippen molar-refractivity contribution >= 4 is 55.8 Å². The second-order valence-electron chi connectivity index (χ2n) is 11.1. The van der Waals surface area contributed by atoms with Crippen molar-refractivity contribution in [2.24, 2.45) is 0 Å². The molecule has 0 radical (unpaired) electrons. The number of likely N-dealkylation sites (N-methyl/N-ethyl adjacent to an activating group) is 1. The second kappa shape index (κ2) is 11.6. The van der Waals surface area contributed by atoms with Crippen LogP contribution in [0.4, 0.5) is 15.9 Å². The number of benzene rings is 2. The summed E-state index contributed by atoms with van der Waals surface area (Å²) in [5.74, 6) is -0.437. The molecule has 3 N–H and O–H groups in total. The van der Waals surface area contributed by atoms with Crippen LogP contribution < -0.4 is 10.5 Å². The Bertz CT molecular complexity index is 1730. The minimum absolute atomic E-state index is 0.0621. The Hall–Kier alpha value is -2.96. The van der Waals surface area contributed by atoms with Gasteiger partial charge in [0.1, 0.15) is 28.5 Å². The number of halogens is 3. The summed E-state index contributed by atoms with van der Waals surface area (Å²) >= 11 is 12.0. The highest BCUT2D eigenvalue weighted by atomic mass is 35.5. The van der Waals surface area contributed by atoms with Crippen LogP contribution in [-0.4, -0.2) is 72.0 Å². The molecule has 2 fully saturated rings. The molecule has 0 atom stereocenters. The predicted octanol–water partition coefficient (Wildman–Crippen LogP) is 5.66. The SMILES string of the molecule is CN1CCN(C2CCC(n3cc(-c4ccc(NS(=O)(=O)c5ccc(Cl)cc5Cl)c(F)c4)c4c(N)ncnc43)CC2)CC1. The molecule has 1 saturated heterocycles. The van der Waals surface area contributed by atoms with Gasteiger partial charge >= 0.3 is 0 Å². The Morgan fingerprint density at radius 2 is 1.69 bits per heavy atom. The fourth-order valence-corrected chi connectivity index (χ4v) is 7.99. The molecule has 3 heterocycles. The van der Waals surface area contributed by atoms with E-state index < -0.39 is 15.8 Å². The van der Waals surface area contributed by atoms with Gasteiger partial charge in [0.15, 0.2) is 0 Å². The van der Waals surface area contributed by atoms with Gasteiger partial charge in [0.25, 0.3) is 10.0 Å². The van der Waals surface area contributed by atoms with Gasteiger partial charge in [-0.15, -0.1) is 0 Å². The van der Waals surface area contributed by atoms with E-state index in [1.54, 1.807) is 6.07 Å². The molecule has 1 aliphatic carbocycles. The number of rotatable bonds is 6. The van der Waals surface area contributed by atoms with Crippen LogP contribution in [0.5, 0.6) is 0 Å². The van der Waals surface area contributed by atoms with E-state index in [-0.39, 0.29) is 21.6 Å². The van der Waals surface area contributed by atoms with Gasteiger partial charge in [0, 0.05) is 55.0 Å². The van der Waals surface area contributed by atoms with Gasteiger partial charge in [-0.3, -0.25) is 9.62 Å². The van der Waals surface area contributed by atoms with Crippen molar-refractivity contribution < 1.29 is 12.8 Å². The fourth-order valence-electron chi connectivity index (χ4n) is 6.15. The number of nitrogens with two attached hydrogens (primary N) is 1. The molecule has 0 spiro atoms. The molecule has 0 unspecified atom stereocenters. The number of hydrogen-bond acceptors (Lipinski definition) is 7. The topological polar surface area (TPSA) is 109 Å². The summed E-state index contributed by atoms with van der Waals surface area (Å²) in [4.78, 5) is 13.6. The number of nitrogen functional groups attached to an aromatic ring is 1. The smallest absolute Gasteiger partial charge is 0.263 e. The third-order valence-electron chi connectivity index (χ3n) is 8.46. The summed E-state index contributed by atoms with van der Waals surface area (Å²) in [5.41, 5.74) is 8.06. The number of piperazine rings is 1. The summed E-state index contributed by atoms with van der Waals surface area (Å²) < 4.78 is 45.7. The van der Waals surface area contributed by atoms with Gasteiger partial charge in [-0.25, -0.2) is 22.8 Å². The Morgan fingerprint density at radius 1 is 0.976 bits per heavy atom. The van der Waals surface area contributed by atoms with E-state index in [0.717, 1.165) is 51.9 Å². The zero-order chi connectivity index (χ0) is 29.6. The predicted molar refractivity (Wildman–Crippen MR) is 165 cm³/mol. The first kappa shape index (κ1) is 29.1. The standard InChI is InChI=1S/C29H32Cl2FN7O2S/c1-37-10-12-38(13-11-37)20-4-6-21(7-5-20)39-16-22(27-28(33)34-17-35-29(27)39)18-2-8-25(24(32)14-18)36-42(40,41)26-9-3-19(30)15-23(26)31/h2-3,8-9,14-17,20-21,36H,4-7,10-13H2,1H3,(H2,33,34,35). The van der Waals surface area contributed by atoms with E-state index in [1.165, 1.54) is 36.7 Å². The van der Waals surface area contributed by atoms with E-state index in [0.29, 0.717) is 39.0 Å². The molecule has 2 aromatic heterocycles. The van der Waals surface area contributed by atoms with Crippen LogP contribution in [0.25, 0.3) is 22.2 Å². The summed E-state index contributed by atoms with van der Waals surface area (Å²) in [6.07, 6.45) is 7.64. The Balaban J connectivity index is 1.26. The van der Waals surface area contributed by atoms with E-state index >= 15 is 4.39 Å². The van der Waals surface area contributed by atoms with Crippen molar-refractivity contribution in [1.82, 2.24) is 24.3 Å². The maximum absolute atomic E-state index is 15.4. The number of aromatic nitrogens is 3. The fraction of sp³-hybridized carbons (Fsp3) is 0.379. The Kier molecular flexibility index (Phi) is 8.05. The van der Waals surface area contributed by atoms with Crippen LogP contribution in [0.15, 0.2) is 53.8 Å². The van der Waals surface area contributed by atoms with Crippen LogP contribution >= 0.6 is 23.2 Å². The molecule has 4 aromatic rings. The molecular formula is C29H32Cl2FN7O2S. The first-order valence-corrected chi connectivity index (χ1v) is 16.2. The van der Waals surface area contributed by atoms with Gasteiger partial charge in [0.2, 0.25) is 0 Å². The third-order valence-corrected chi connectivity index (χ3v) is 10.5. The minimum Gasteiger partial charge on any atom is -0.383 e. The number of hydrogen-bond donors (Lipinski definition) is 2. The molecule has 0 amide bonds. The first-order valence-electron chi connectivity index (χ1n) is 13.9. The Labute approximate surface area is 254 Å². The van der Waals surface area contributed by atoms with Crippen LogP contribution in [-0.2, 0) is 10.0 Å². The number of nitrogens with one attached hydrogen (secondary N) is 1. The van der Waals surface area contributed by atoms with Crippen molar-refractivity contribution in [3.63, 3.8) is 0 Å². The quantitative estimate of drug-likeness (QED) is 0.283. The maximum atomic E-state index is 15.4. The summed E-state index contributed by atoms with van der Waals surface area (Å²) in [6, 6.07) is 9.15. The van der Waals surface area contributed by atoms with Crippen LogP contribution in [0.3, 0.4) is 0 Å². The van der Waals surface area contributed by atoms with Gasteiger partial charge in [-0.05, 0) is 68.6 Å². The van der Waals surface area contributed by atoms with Crippen molar-refractivity contribution in [3.05, 3.63) is 64.8 Å². The van der Waals surface area contributed by atoms with Gasteiger partial charge in [0.05, 0.1) is 16.1 Å². The highest BCUT2D eigenvalue weighted by Gasteiger charge is 2.30. The molecule has 13 heteroatoms. The normalized spacial score (nSPS) is 20.7. The van der Waals surface area contributed by atoms with E-state index in [2.05, 4.69) is 36.1 Å². The third kappa shape index (κ3) is 5.68. The molecule has 2 aromatic carbocycles. The molecule has 6 rings (SSSR count).